The molecule has 7 atom stereocenters. The largest absolute Gasteiger partial charge is 0.393 e. The smallest absolute Gasteiger partial charge is 0.0577 e. The van der Waals surface area contributed by atoms with Crippen LogP contribution in [0.5, 0.6) is 0 Å². The summed E-state index contributed by atoms with van der Waals surface area (Å²) in [6.45, 7) is 7.40. The van der Waals surface area contributed by atoms with Gasteiger partial charge in [0.1, 0.15) is 0 Å². The van der Waals surface area contributed by atoms with E-state index in [0.29, 0.717) is 5.41 Å². The lowest BCUT2D eigenvalue weighted by atomic mass is 9.51. The van der Waals surface area contributed by atoms with Crippen molar-refractivity contribution in [3.05, 3.63) is 11.6 Å². The summed E-state index contributed by atoms with van der Waals surface area (Å²) in [5.41, 5.74) is 2.27. The van der Waals surface area contributed by atoms with Gasteiger partial charge in [-0.05, 0) is 98.7 Å². The number of aliphatic hydroxyl groups is 1. The first-order chi connectivity index (χ1) is 13.0. The molecule has 1 N–H and O–H groups in total. The van der Waals surface area contributed by atoms with Gasteiger partial charge in [0.05, 0.1) is 6.10 Å². The standard InChI is InChI=1S/C26H44O/c1-18(2)7-5-4-6-8-20-10-14-25-24-12-9-19-17-21(27)11-13-22(19)23(24)15-16-26(20,25)3/h9,18,20-25,27H,4-8,10-17H2,1-3H3. The fourth-order valence-corrected chi connectivity index (χ4v) is 7.95. The number of fused-ring (bicyclic) bond motifs is 5. The van der Waals surface area contributed by atoms with E-state index in [0.717, 1.165) is 48.3 Å². The van der Waals surface area contributed by atoms with E-state index in [1.54, 1.807) is 5.57 Å². The SMILES string of the molecule is CC(C)CCCCCC1CCC2C3CC=C4CC(O)CCC4C3CCC12C. The second-order valence-corrected chi connectivity index (χ2v) is 11.3. The first-order valence-electron chi connectivity index (χ1n) is 12.4. The molecule has 0 aliphatic heterocycles. The highest BCUT2D eigenvalue weighted by Crippen LogP contribution is 2.64. The molecule has 0 amide bonds. The minimum Gasteiger partial charge on any atom is -0.393 e. The molecule has 1 nitrogen and oxygen atoms in total. The van der Waals surface area contributed by atoms with Gasteiger partial charge in [0.2, 0.25) is 0 Å². The quantitative estimate of drug-likeness (QED) is 0.388. The Hall–Kier alpha value is -0.300. The summed E-state index contributed by atoms with van der Waals surface area (Å²) in [5, 5.41) is 10.1. The number of hydrogen-bond acceptors (Lipinski definition) is 1. The van der Waals surface area contributed by atoms with Gasteiger partial charge in [-0.2, -0.15) is 0 Å². The van der Waals surface area contributed by atoms with Crippen LogP contribution < -0.4 is 0 Å². The highest BCUT2D eigenvalue weighted by atomic mass is 16.3. The normalized spacial score (nSPS) is 43.8. The number of aliphatic hydroxyl groups excluding tert-OH is 1. The van der Waals surface area contributed by atoms with Crippen molar-refractivity contribution in [1.29, 1.82) is 0 Å². The van der Waals surface area contributed by atoms with Crippen LogP contribution in [0.25, 0.3) is 0 Å². The van der Waals surface area contributed by atoms with E-state index in [2.05, 4.69) is 26.8 Å². The van der Waals surface area contributed by atoms with Crippen LogP contribution in [0.3, 0.4) is 0 Å². The molecule has 0 aromatic heterocycles. The summed E-state index contributed by atoms with van der Waals surface area (Å²) in [7, 11) is 0. The number of unbranched alkanes of at least 4 members (excludes halogenated alkanes) is 2. The number of rotatable bonds is 6. The zero-order valence-electron chi connectivity index (χ0n) is 18.3. The molecule has 0 heterocycles. The molecule has 4 aliphatic carbocycles. The minimum atomic E-state index is -0.0514. The van der Waals surface area contributed by atoms with Crippen molar-refractivity contribution in [3.63, 3.8) is 0 Å². The molecular formula is C26H44O. The maximum absolute atomic E-state index is 10.1. The van der Waals surface area contributed by atoms with E-state index in [1.807, 2.05) is 0 Å². The molecule has 154 valence electrons. The fourth-order valence-electron chi connectivity index (χ4n) is 7.95. The zero-order valence-corrected chi connectivity index (χ0v) is 18.3. The van der Waals surface area contributed by atoms with E-state index < -0.39 is 0 Å². The summed E-state index contributed by atoms with van der Waals surface area (Å²) in [4.78, 5) is 0. The highest BCUT2D eigenvalue weighted by Gasteiger charge is 2.55. The van der Waals surface area contributed by atoms with Crippen molar-refractivity contribution in [2.75, 3.05) is 0 Å². The summed E-state index contributed by atoms with van der Waals surface area (Å²) < 4.78 is 0. The van der Waals surface area contributed by atoms with E-state index >= 15 is 0 Å². The van der Waals surface area contributed by atoms with E-state index in [9.17, 15) is 5.11 Å². The second-order valence-electron chi connectivity index (χ2n) is 11.3. The summed E-state index contributed by atoms with van der Waals surface area (Å²) in [6, 6.07) is 0. The molecule has 4 rings (SSSR count). The Kier molecular flexibility index (Phi) is 6.08. The van der Waals surface area contributed by atoms with Gasteiger partial charge in [0.15, 0.2) is 0 Å². The molecule has 4 aliphatic rings. The van der Waals surface area contributed by atoms with Crippen LogP contribution in [-0.2, 0) is 0 Å². The van der Waals surface area contributed by atoms with Gasteiger partial charge in [0, 0.05) is 0 Å². The Morgan fingerprint density at radius 2 is 1.89 bits per heavy atom. The first kappa shape index (κ1) is 20.0. The van der Waals surface area contributed by atoms with E-state index in [-0.39, 0.29) is 6.10 Å². The molecule has 3 saturated carbocycles. The number of allylic oxidation sites excluding steroid dienone is 1. The fraction of sp³-hybridized carbons (Fsp3) is 0.923. The summed E-state index contributed by atoms with van der Waals surface area (Å²) >= 11 is 0. The lowest BCUT2D eigenvalue weighted by Gasteiger charge is -2.54. The predicted octanol–water partition coefficient (Wildman–Crippen LogP) is 7.14. The van der Waals surface area contributed by atoms with Crippen molar-refractivity contribution in [3.8, 4) is 0 Å². The van der Waals surface area contributed by atoms with Crippen molar-refractivity contribution < 1.29 is 5.11 Å². The Labute approximate surface area is 168 Å². The second kappa shape index (κ2) is 8.21. The van der Waals surface area contributed by atoms with Crippen molar-refractivity contribution >= 4 is 0 Å². The molecule has 0 aromatic carbocycles. The average molecular weight is 373 g/mol. The first-order valence-corrected chi connectivity index (χ1v) is 12.4. The summed E-state index contributed by atoms with van der Waals surface area (Å²) in [6.07, 6.45) is 20.4. The Balaban J connectivity index is 1.37. The molecular weight excluding hydrogens is 328 g/mol. The van der Waals surface area contributed by atoms with Crippen LogP contribution in [0.2, 0.25) is 0 Å². The summed E-state index contributed by atoms with van der Waals surface area (Å²) in [5.74, 6) is 5.59. The maximum atomic E-state index is 10.1. The average Bonchev–Trinajstić information content (AvgIpc) is 2.97. The lowest BCUT2D eigenvalue weighted by molar-refractivity contribution is -0.0200. The minimum absolute atomic E-state index is 0.0514. The molecule has 7 unspecified atom stereocenters. The van der Waals surface area contributed by atoms with Crippen molar-refractivity contribution in [2.24, 2.45) is 40.9 Å². The molecule has 0 saturated heterocycles. The molecule has 27 heavy (non-hydrogen) atoms. The van der Waals surface area contributed by atoms with Crippen molar-refractivity contribution in [2.45, 2.75) is 110 Å². The third-order valence-electron chi connectivity index (χ3n) is 9.45. The molecule has 0 spiro atoms. The topological polar surface area (TPSA) is 20.2 Å². The van der Waals surface area contributed by atoms with Crippen LogP contribution in [0.15, 0.2) is 11.6 Å². The van der Waals surface area contributed by atoms with E-state index in [1.165, 1.54) is 70.6 Å². The molecule has 0 radical (unpaired) electrons. The Morgan fingerprint density at radius 3 is 2.70 bits per heavy atom. The van der Waals surface area contributed by atoms with Gasteiger partial charge in [-0.15, -0.1) is 0 Å². The lowest BCUT2D eigenvalue weighted by Crippen LogP contribution is -2.46. The van der Waals surface area contributed by atoms with Gasteiger partial charge < -0.3 is 5.11 Å². The van der Waals surface area contributed by atoms with Crippen LogP contribution in [0, 0.1) is 40.9 Å². The van der Waals surface area contributed by atoms with E-state index in [4.69, 9.17) is 0 Å². The van der Waals surface area contributed by atoms with Gasteiger partial charge in [0.25, 0.3) is 0 Å². The molecule has 1 heteroatoms. The molecule has 0 bridgehead atoms. The van der Waals surface area contributed by atoms with Gasteiger partial charge in [-0.25, -0.2) is 0 Å². The van der Waals surface area contributed by atoms with Gasteiger partial charge >= 0.3 is 0 Å². The maximum Gasteiger partial charge on any atom is 0.0577 e. The van der Waals surface area contributed by atoms with Crippen LogP contribution in [0.1, 0.15) is 104 Å². The third kappa shape index (κ3) is 3.92. The monoisotopic (exact) mass is 372 g/mol. The Bertz CT molecular complexity index is 534. The molecule has 3 fully saturated rings. The number of hydrogen-bond donors (Lipinski definition) is 1. The zero-order chi connectivity index (χ0) is 19.0. The van der Waals surface area contributed by atoms with Crippen LogP contribution >= 0.6 is 0 Å². The highest BCUT2D eigenvalue weighted by molar-refractivity contribution is 5.20. The van der Waals surface area contributed by atoms with Crippen LogP contribution in [-0.4, -0.2) is 11.2 Å². The molecule has 0 aromatic rings. The van der Waals surface area contributed by atoms with Crippen molar-refractivity contribution in [1.82, 2.24) is 0 Å². The van der Waals surface area contributed by atoms with Crippen LogP contribution in [0.4, 0.5) is 0 Å². The Morgan fingerprint density at radius 1 is 1.04 bits per heavy atom. The van der Waals surface area contributed by atoms with Gasteiger partial charge in [-0.1, -0.05) is 58.1 Å². The van der Waals surface area contributed by atoms with Gasteiger partial charge in [-0.3, -0.25) is 0 Å². The third-order valence-corrected chi connectivity index (χ3v) is 9.45. The predicted molar refractivity (Wildman–Crippen MR) is 115 cm³/mol.